The van der Waals surface area contributed by atoms with Crippen LogP contribution in [0.4, 0.5) is 0 Å². The first-order valence-corrected chi connectivity index (χ1v) is 7.72. The summed E-state index contributed by atoms with van der Waals surface area (Å²) in [6.45, 7) is 1.58. The standard InChI is InChI=1S/C14H22N2O3S/c17-13-11(15-14(20)16-13)7-3-1-2-5-9-18-12-8-4-6-10-19-12/h7,12H,1-6,8-10H2,(H2,15,16,17,20). The molecule has 0 bridgehead atoms. The zero-order valence-corrected chi connectivity index (χ0v) is 12.5. The van der Waals surface area contributed by atoms with Crippen LogP contribution in [0.25, 0.3) is 0 Å². The molecule has 2 aliphatic heterocycles. The Morgan fingerprint density at radius 2 is 2.20 bits per heavy atom. The average Bonchev–Trinajstić information content (AvgIpc) is 2.77. The summed E-state index contributed by atoms with van der Waals surface area (Å²) in [7, 11) is 0. The van der Waals surface area contributed by atoms with E-state index >= 15 is 0 Å². The van der Waals surface area contributed by atoms with Crippen molar-refractivity contribution in [3.63, 3.8) is 0 Å². The van der Waals surface area contributed by atoms with E-state index in [1.807, 2.05) is 6.08 Å². The number of carbonyl (C=O) groups excluding carboxylic acids is 1. The minimum Gasteiger partial charge on any atom is -0.353 e. The highest BCUT2D eigenvalue weighted by Gasteiger charge is 2.19. The zero-order chi connectivity index (χ0) is 14.2. The lowest BCUT2D eigenvalue weighted by Gasteiger charge is -2.22. The fourth-order valence-corrected chi connectivity index (χ4v) is 2.45. The van der Waals surface area contributed by atoms with Crippen LogP contribution < -0.4 is 10.6 Å². The van der Waals surface area contributed by atoms with Gasteiger partial charge in [-0.2, -0.15) is 0 Å². The molecule has 2 rings (SSSR count). The van der Waals surface area contributed by atoms with Gasteiger partial charge in [0.05, 0.1) is 0 Å². The molecule has 0 aromatic heterocycles. The van der Waals surface area contributed by atoms with Crippen molar-refractivity contribution >= 4 is 23.2 Å². The van der Waals surface area contributed by atoms with E-state index < -0.39 is 0 Å². The van der Waals surface area contributed by atoms with Crippen LogP contribution >= 0.6 is 12.2 Å². The Labute approximate surface area is 125 Å². The third kappa shape index (κ3) is 5.19. The third-order valence-electron chi connectivity index (χ3n) is 3.36. The Hall–Kier alpha value is -0.980. The Morgan fingerprint density at radius 3 is 2.90 bits per heavy atom. The number of nitrogens with one attached hydrogen (secondary N) is 2. The van der Waals surface area contributed by atoms with Gasteiger partial charge in [0, 0.05) is 13.2 Å². The van der Waals surface area contributed by atoms with E-state index in [0.29, 0.717) is 10.8 Å². The topological polar surface area (TPSA) is 59.6 Å². The highest BCUT2D eigenvalue weighted by molar-refractivity contribution is 7.80. The van der Waals surface area contributed by atoms with Crippen LogP contribution in [-0.4, -0.2) is 30.5 Å². The minimum atomic E-state index is -0.132. The van der Waals surface area contributed by atoms with Gasteiger partial charge in [-0.25, -0.2) is 0 Å². The summed E-state index contributed by atoms with van der Waals surface area (Å²) < 4.78 is 11.2. The summed E-state index contributed by atoms with van der Waals surface area (Å²) >= 11 is 4.86. The van der Waals surface area contributed by atoms with Crippen molar-refractivity contribution in [2.75, 3.05) is 13.2 Å². The van der Waals surface area contributed by atoms with Crippen LogP contribution in [0.2, 0.25) is 0 Å². The minimum absolute atomic E-state index is 0.0123. The molecule has 2 N–H and O–H groups in total. The van der Waals surface area contributed by atoms with Gasteiger partial charge in [-0.05, 0) is 50.7 Å². The van der Waals surface area contributed by atoms with Gasteiger partial charge < -0.3 is 14.8 Å². The van der Waals surface area contributed by atoms with E-state index in [2.05, 4.69) is 10.6 Å². The lowest BCUT2D eigenvalue weighted by molar-refractivity contribution is -0.162. The molecule has 0 aromatic carbocycles. The van der Waals surface area contributed by atoms with Gasteiger partial charge in [0.25, 0.3) is 5.91 Å². The predicted octanol–water partition coefficient (Wildman–Crippen LogP) is 1.98. The van der Waals surface area contributed by atoms with E-state index in [0.717, 1.165) is 51.7 Å². The number of hydrogen-bond donors (Lipinski definition) is 2. The number of amides is 1. The highest BCUT2D eigenvalue weighted by Crippen LogP contribution is 2.14. The van der Waals surface area contributed by atoms with Gasteiger partial charge in [-0.1, -0.05) is 12.5 Å². The summed E-state index contributed by atoms with van der Waals surface area (Å²) in [5, 5.41) is 5.77. The number of unbranched alkanes of at least 4 members (excludes halogenated alkanes) is 3. The second-order valence-corrected chi connectivity index (χ2v) is 5.45. The Bertz CT molecular complexity index is 379. The van der Waals surface area contributed by atoms with Crippen molar-refractivity contribution in [3.8, 4) is 0 Å². The molecule has 5 nitrogen and oxygen atoms in total. The Balaban J connectivity index is 1.48. The molecule has 1 atom stereocenters. The van der Waals surface area contributed by atoms with Gasteiger partial charge in [0.1, 0.15) is 5.70 Å². The fourth-order valence-electron chi connectivity index (χ4n) is 2.25. The highest BCUT2D eigenvalue weighted by atomic mass is 32.1. The molecule has 2 saturated heterocycles. The molecule has 1 unspecified atom stereocenters. The maximum absolute atomic E-state index is 11.4. The summed E-state index contributed by atoms with van der Waals surface area (Å²) in [4.78, 5) is 11.4. The van der Waals surface area contributed by atoms with Crippen LogP contribution in [0.1, 0.15) is 44.9 Å². The third-order valence-corrected chi connectivity index (χ3v) is 3.56. The molecule has 0 radical (unpaired) electrons. The SMILES string of the molecule is O=C1NC(=S)NC1=CCCCCCOC1CCCCO1. The lowest BCUT2D eigenvalue weighted by Crippen LogP contribution is -2.22. The predicted molar refractivity (Wildman–Crippen MR) is 80.0 cm³/mol. The van der Waals surface area contributed by atoms with E-state index in [-0.39, 0.29) is 12.2 Å². The normalized spacial score (nSPS) is 24.8. The maximum atomic E-state index is 11.4. The maximum Gasteiger partial charge on any atom is 0.273 e. The molecule has 112 valence electrons. The first kappa shape index (κ1) is 15.4. The molecule has 2 fully saturated rings. The average molecular weight is 298 g/mol. The van der Waals surface area contributed by atoms with Crippen LogP contribution in [0.3, 0.4) is 0 Å². The van der Waals surface area contributed by atoms with Crippen molar-refractivity contribution in [1.82, 2.24) is 10.6 Å². The zero-order valence-electron chi connectivity index (χ0n) is 11.7. The summed E-state index contributed by atoms with van der Waals surface area (Å²) in [5.74, 6) is -0.132. The number of allylic oxidation sites excluding steroid dienone is 1. The van der Waals surface area contributed by atoms with Gasteiger partial charge in [-0.3, -0.25) is 10.1 Å². The van der Waals surface area contributed by atoms with Gasteiger partial charge in [-0.15, -0.1) is 0 Å². The smallest absolute Gasteiger partial charge is 0.273 e. The van der Waals surface area contributed by atoms with Gasteiger partial charge >= 0.3 is 0 Å². The van der Waals surface area contributed by atoms with Gasteiger partial charge in [0.15, 0.2) is 11.4 Å². The molecule has 1 amide bonds. The lowest BCUT2D eigenvalue weighted by atomic mass is 10.2. The largest absolute Gasteiger partial charge is 0.353 e. The quantitative estimate of drug-likeness (QED) is 0.427. The molecule has 6 heteroatoms. The number of hydrogen-bond acceptors (Lipinski definition) is 4. The second kappa shape index (κ2) is 8.34. The number of rotatable bonds is 7. The van der Waals surface area contributed by atoms with E-state index in [4.69, 9.17) is 21.7 Å². The van der Waals surface area contributed by atoms with Crippen LogP contribution in [0.5, 0.6) is 0 Å². The molecule has 0 aromatic rings. The van der Waals surface area contributed by atoms with Crippen molar-refractivity contribution in [2.45, 2.75) is 51.2 Å². The van der Waals surface area contributed by atoms with Crippen LogP contribution in [0.15, 0.2) is 11.8 Å². The summed E-state index contributed by atoms with van der Waals surface area (Å²) in [5.41, 5.74) is 0.571. The molecular formula is C14H22N2O3S. The summed E-state index contributed by atoms with van der Waals surface area (Å²) in [6, 6.07) is 0. The molecule has 0 spiro atoms. The molecule has 0 saturated carbocycles. The molecule has 20 heavy (non-hydrogen) atoms. The van der Waals surface area contributed by atoms with Crippen molar-refractivity contribution in [3.05, 3.63) is 11.8 Å². The number of thiocarbonyl (C=S) groups is 1. The van der Waals surface area contributed by atoms with Crippen LogP contribution in [-0.2, 0) is 14.3 Å². The number of carbonyl (C=O) groups is 1. The fraction of sp³-hybridized carbons (Fsp3) is 0.714. The van der Waals surface area contributed by atoms with Crippen molar-refractivity contribution < 1.29 is 14.3 Å². The second-order valence-electron chi connectivity index (χ2n) is 5.04. The monoisotopic (exact) mass is 298 g/mol. The van der Waals surface area contributed by atoms with Crippen LogP contribution in [0, 0.1) is 0 Å². The van der Waals surface area contributed by atoms with Crippen molar-refractivity contribution in [2.24, 2.45) is 0 Å². The molecule has 2 aliphatic rings. The van der Waals surface area contributed by atoms with Crippen molar-refractivity contribution in [1.29, 1.82) is 0 Å². The first-order valence-electron chi connectivity index (χ1n) is 7.31. The molecular weight excluding hydrogens is 276 g/mol. The molecule has 2 heterocycles. The first-order chi connectivity index (χ1) is 9.75. The van der Waals surface area contributed by atoms with Gasteiger partial charge in [0.2, 0.25) is 0 Å². The number of ether oxygens (including phenoxy) is 2. The Morgan fingerprint density at radius 1 is 1.30 bits per heavy atom. The Kier molecular flexibility index (Phi) is 6.42. The van der Waals surface area contributed by atoms with E-state index in [1.165, 1.54) is 6.42 Å². The van der Waals surface area contributed by atoms with E-state index in [1.54, 1.807) is 0 Å². The molecule has 0 aliphatic carbocycles. The van der Waals surface area contributed by atoms with E-state index in [9.17, 15) is 4.79 Å². The summed E-state index contributed by atoms with van der Waals surface area (Å²) in [6.07, 6.45) is 9.32.